The Kier molecular flexibility index (Phi) is 7.20. The Hall–Kier alpha value is -3.58. The van der Waals surface area contributed by atoms with Gasteiger partial charge in [-0.2, -0.15) is 4.98 Å². The van der Waals surface area contributed by atoms with Crippen LogP contribution in [0, 0.1) is 5.82 Å². The van der Waals surface area contributed by atoms with Gasteiger partial charge in [0.2, 0.25) is 5.95 Å². The highest BCUT2D eigenvalue weighted by molar-refractivity contribution is 7.53. The summed E-state index contributed by atoms with van der Waals surface area (Å²) in [7, 11) is -4.94. The topological polar surface area (TPSA) is 252 Å². The molecular formula is C22H26F2N9O8P. The Balaban J connectivity index is 1.24. The number of alkyl halides is 1. The second-order valence-electron chi connectivity index (χ2n) is 9.92. The van der Waals surface area contributed by atoms with Crippen molar-refractivity contribution in [2.45, 2.75) is 55.4 Å². The SMILES string of the molecule is Nc1nc2c(ncn2[C@@H]2O[C@H](CCO)[C@@H](F)[C@H]2P(=O)(O)OC[C@H]2O[C@@H](n3cc(F)c4c(N)ncnc43)C[C@@H]2O)c(=O)[nH]1. The van der Waals surface area contributed by atoms with Crippen molar-refractivity contribution in [2.24, 2.45) is 0 Å². The molecule has 17 nitrogen and oxygen atoms in total. The number of aromatic nitrogens is 7. The third-order valence-corrected chi connectivity index (χ3v) is 9.15. The summed E-state index contributed by atoms with van der Waals surface area (Å²) >= 11 is 0. The quantitative estimate of drug-likeness (QED) is 0.140. The van der Waals surface area contributed by atoms with E-state index in [0.29, 0.717) is 0 Å². The van der Waals surface area contributed by atoms with Crippen LogP contribution in [0.2, 0.25) is 0 Å². The molecule has 6 heterocycles. The molecule has 0 amide bonds. The van der Waals surface area contributed by atoms with Crippen LogP contribution in [0.4, 0.5) is 20.5 Å². The lowest BCUT2D eigenvalue weighted by atomic mass is 10.1. The predicted molar refractivity (Wildman–Crippen MR) is 139 cm³/mol. The average Bonchev–Trinajstić information content (AvgIpc) is 3.68. The summed E-state index contributed by atoms with van der Waals surface area (Å²) in [6, 6.07) is 0. The van der Waals surface area contributed by atoms with E-state index in [1.54, 1.807) is 0 Å². The van der Waals surface area contributed by atoms with Gasteiger partial charge in [-0.3, -0.25) is 18.9 Å². The van der Waals surface area contributed by atoms with E-state index in [9.17, 15) is 28.9 Å². The van der Waals surface area contributed by atoms with E-state index in [-0.39, 0.29) is 46.8 Å². The Morgan fingerprint density at radius 2 is 1.98 bits per heavy atom. The van der Waals surface area contributed by atoms with Crippen molar-refractivity contribution in [3.63, 3.8) is 0 Å². The summed E-state index contributed by atoms with van der Waals surface area (Å²) in [4.78, 5) is 41.2. The van der Waals surface area contributed by atoms with Crippen LogP contribution in [-0.2, 0) is 18.6 Å². The number of aliphatic hydroxyl groups is 2. The second kappa shape index (κ2) is 10.6. The Labute approximate surface area is 233 Å². The maximum absolute atomic E-state index is 15.6. The van der Waals surface area contributed by atoms with Gasteiger partial charge < -0.3 is 45.1 Å². The van der Waals surface area contributed by atoms with E-state index in [2.05, 4.69) is 24.9 Å². The number of halogens is 2. The van der Waals surface area contributed by atoms with Crippen LogP contribution >= 0.6 is 7.60 Å². The van der Waals surface area contributed by atoms with Gasteiger partial charge >= 0.3 is 7.60 Å². The number of imidazole rings is 1. The maximum atomic E-state index is 15.6. The minimum atomic E-state index is -4.94. The molecule has 2 saturated heterocycles. The zero-order valence-electron chi connectivity index (χ0n) is 21.5. The molecule has 0 bridgehead atoms. The summed E-state index contributed by atoms with van der Waals surface area (Å²) in [5, 5.41) is 20.0. The van der Waals surface area contributed by atoms with E-state index in [1.807, 2.05) is 0 Å². The summed E-state index contributed by atoms with van der Waals surface area (Å²) in [5.41, 5.74) is 8.66. The van der Waals surface area contributed by atoms with Crippen LogP contribution in [-0.4, -0.2) is 92.5 Å². The number of aliphatic hydroxyl groups excluding tert-OH is 2. The third kappa shape index (κ3) is 4.72. The standard InChI is InChI=1S/C22H26F2N9O8P/c23-8-4-32(18-13(8)17(25)27-6-28-18)12-3-9(35)11(40-12)5-39-42(37,38)16-14(24)10(1-2-34)41-21(16)33-7-29-15-19(33)30-22(26)31-20(15)36/h4,6-7,9-12,14,16,21,34-35H,1-3,5H2,(H,37,38)(H2,25,27,28)(H3,26,30,31,36)/t9-,10+,11+,12+,14+,16+,21+/m0/s1. The molecule has 0 aliphatic carbocycles. The molecule has 226 valence electrons. The van der Waals surface area contributed by atoms with Crippen LogP contribution in [0.5, 0.6) is 0 Å². The molecular weight excluding hydrogens is 587 g/mol. The van der Waals surface area contributed by atoms with E-state index in [1.165, 1.54) is 4.57 Å². The van der Waals surface area contributed by atoms with Crippen molar-refractivity contribution >= 4 is 41.6 Å². The molecule has 4 aromatic rings. The van der Waals surface area contributed by atoms with Gasteiger partial charge in [0.05, 0.1) is 30.5 Å². The molecule has 0 radical (unpaired) electrons. The van der Waals surface area contributed by atoms with Crippen molar-refractivity contribution < 1.29 is 42.4 Å². The smallest absolute Gasteiger partial charge is 0.338 e. The molecule has 2 fully saturated rings. The van der Waals surface area contributed by atoms with Crippen LogP contribution in [0.25, 0.3) is 22.2 Å². The number of hydrogen-bond donors (Lipinski definition) is 6. The molecule has 4 aromatic heterocycles. The van der Waals surface area contributed by atoms with Gasteiger partial charge in [-0.1, -0.05) is 0 Å². The van der Waals surface area contributed by atoms with E-state index >= 15 is 4.39 Å². The number of nitrogens with zero attached hydrogens (tertiary/aromatic N) is 6. The monoisotopic (exact) mass is 613 g/mol. The van der Waals surface area contributed by atoms with Crippen LogP contribution in [0.3, 0.4) is 0 Å². The Morgan fingerprint density at radius 1 is 1.19 bits per heavy atom. The van der Waals surface area contributed by atoms with Gasteiger partial charge in [0.25, 0.3) is 5.56 Å². The zero-order valence-corrected chi connectivity index (χ0v) is 22.4. The first-order valence-electron chi connectivity index (χ1n) is 12.7. The molecule has 0 spiro atoms. The Bertz CT molecular complexity index is 1750. The highest BCUT2D eigenvalue weighted by atomic mass is 31.2. The second-order valence-corrected chi connectivity index (χ2v) is 11.9. The summed E-state index contributed by atoms with van der Waals surface area (Å²) in [5.74, 6) is -1.07. The van der Waals surface area contributed by atoms with Gasteiger partial charge in [0, 0.05) is 19.2 Å². The van der Waals surface area contributed by atoms with Crippen LogP contribution < -0.4 is 17.0 Å². The summed E-state index contributed by atoms with van der Waals surface area (Å²) in [6.45, 7) is -1.13. The van der Waals surface area contributed by atoms with Crippen LogP contribution in [0.15, 0.2) is 23.6 Å². The predicted octanol–water partition coefficient (Wildman–Crippen LogP) is -0.295. The lowest BCUT2D eigenvalue weighted by Gasteiger charge is -2.26. The number of nitrogens with one attached hydrogen (secondary N) is 1. The van der Waals surface area contributed by atoms with Crippen molar-refractivity contribution in [3.05, 3.63) is 35.0 Å². The first-order chi connectivity index (χ1) is 20.0. The number of aromatic amines is 1. The van der Waals surface area contributed by atoms with Crippen molar-refractivity contribution in [1.82, 2.24) is 34.1 Å². The number of fused-ring (bicyclic) bond motifs is 2. The largest absolute Gasteiger partial charge is 0.396 e. The van der Waals surface area contributed by atoms with Gasteiger partial charge in [-0.25, -0.2) is 23.7 Å². The molecule has 8 atom stereocenters. The number of H-pyrrole nitrogens is 1. The van der Waals surface area contributed by atoms with Gasteiger partial charge in [0.1, 0.15) is 36.3 Å². The summed E-state index contributed by atoms with van der Waals surface area (Å²) in [6.07, 6.45) is -5.22. The molecule has 0 aromatic carbocycles. The van der Waals surface area contributed by atoms with E-state index in [4.69, 9.17) is 25.5 Å². The van der Waals surface area contributed by atoms with Gasteiger partial charge in [-0.15, -0.1) is 0 Å². The lowest BCUT2D eigenvalue weighted by Crippen LogP contribution is -2.32. The fourth-order valence-electron chi connectivity index (χ4n) is 5.35. The third-order valence-electron chi connectivity index (χ3n) is 7.33. The minimum absolute atomic E-state index is 0.0286. The number of hydrogen-bond acceptors (Lipinski definition) is 13. The molecule has 1 unspecified atom stereocenters. The van der Waals surface area contributed by atoms with Crippen molar-refractivity contribution in [3.8, 4) is 0 Å². The molecule has 8 N–H and O–H groups in total. The van der Waals surface area contributed by atoms with E-state index in [0.717, 1.165) is 23.4 Å². The number of anilines is 2. The minimum Gasteiger partial charge on any atom is -0.396 e. The molecule has 6 rings (SSSR count). The normalized spacial score (nSPS) is 29.5. The number of rotatable bonds is 8. The zero-order chi connectivity index (χ0) is 29.9. The van der Waals surface area contributed by atoms with Crippen LogP contribution in [0.1, 0.15) is 25.3 Å². The first-order valence-corrected chi connectivity index (χ1v) is 14.3. The number of nitrogen functional groups attached to an aromatic ring is 2. The maximum Gasteiger partial charge on any atom is 0.338 e. The van der Waals surface area contributed by atoms with Gasteiger partial charge in [0.15, 0.2) is 28.9 Å². The number of ether oxygens (including phenoxy) is 2. The molecule has 2 aliphatic rings. The first kappa shape index (κ1) is 28.5. The number of nitrogens with two attached hydrogens (primary N) is 2. The Morgan fingerprint density at radius 3 is 2.74 bits per heavy atom. The van der Waals surface area contributed by atoms with E-state index < -0.39 is 74.8 Å². The highest BCUT2D eigenvalue weighted by Gasteiger charge is 2.56. The average molecular weight is 613 g/mol. The summed E-state index contributed by atoms with van der Waals surface area (Å²) < 4.78 is 63.0. The fourth-order valence-corrected chi connectivity index (χ4v) is 6.97. The van der Waals surface area contributed by atoms with Gasteiger partial charge in [-0.05, 0) is 6.42 Å². The molecule has 2 aliphatic heterocycles. The highest BCUT2D eigenvalue weighted by Crippen LogP contribution is 2.58. The lowest BCUT2D eigenvalue weighted by molar-refractivity contribution is -0.0410. The van der Waals surface area contributed by atoms with Crippen molar-refractivity contribution in [1.29, 1.82) is 0 Å². The van der Waals surface area contributed by atoms with Crippen molar-refractivity contribution in [2.75, 3.05) is 24.7 Å². The molecule has 42 heavy (non-hydrogen) atoms. The molecule has 20 heteroatoms. The molecule has 0 saturated carbocycles. The fraction of sp³-hybridized carbons (Fsp3) is 0.500.